The van der Waals surface area contributed by atoms with Gasteiger partial charge in [-0.15, -0.1) is 0 Å². The lowest BCUT2D eigenvalue weighted by atomic mass is 9.91. The second kappa shape index (κ2) is 5.09. The van der Waals surface area contributed by atoms with Crippen LogP contribution in [0.3, 0.4) is 0 Å². The quantitative estimate of drug-likeness (QED) is 0.747. The highest BCUT2D eigenvalue weighted by Crippen LogP contribution is 2.29. The molecule has 0 saturated carbocycles. The minimum atomic E-state index is -0.345. The smallest absolute Gasteiger partial charge is 0.161 e. The van der Waals surface area contributed by atoms with E-state index in [4.69, 9.17) is 0 Å². The maximum atomic E-state index is 13.3. The van der Waals surface area contributed by atoms with Gasteiger partial charge in [0.25, 0.3) is 0 Å². The predicted molar refractivity (Wildman–Crippen MR) is 71.6 cm³/mol. The van der Waals surface area contributed by atoms with Gasteiger partial charge in [-0.2, -0.15) is 0 Å². The number of piperidine rings is 1. The molecule has 0 radical (unpaired) electrons. The highest BCUT2D eigenvalue weighted by atomic mass is 19.1. The van der Waals surface area contributed by atoms with Crippen LogP contribution >= 0.6 is 0 Å². The Balaban J connectivity index is 2.35. The number of hydrogen-bond donors (Lipinski definition) is 0. The Morgan fingerprint density at radius 3 is 2.44 bits per heavy atom. The van der Waals surface area contributed by atoms with Gasteiger partial charge in [0.15, 0.2) is 5.78 Å². The molecular weight excluding hydrogens is 229 g/mol. The molecular formula is C15H20FNO. The standard InChI is InChI=1S/C15H20FNO/c1-10-6-11(2)9-17(8-10)15-5-4-13(16)7-14(15)12(3)18/h4-5,7,10-11H,6,8-9H2,1-3H3. The van der Waals surface area contributed by atoms with E-state index in [-0.39, 0.29) is 11.6 Å². The first-order valence-corrected chi connectivity index (χ1v) is 6.52. The third-order valence-corrected chi connectivity index (χ3v) is 3.55. The van der Waals surface area contributed by atoms with Gasteiger partial charge in [-0.1, -0.05) is 13.8 Å². The van der Waals surface area contributed by atoms with Crippen LogP contribution in [0.15, 0.2) is 18.2 Å². The van der Waals surface area contributed by atoms with Crippen molar-refractivity contribution in [3.05, 3.63) is 29.6 Å². The second-order valence-corrected chi connectivity index (χ2v) is 5.57. The normalized spacial score (nSPS) is 24.1. The highest BCUT2D eigenvalue weighted by Gasteiger charge is 2.24. The monoisotopic (exact) mass is 249 g/mol. The van der Waals surface area contributed by atoms with E-state index in [2.05, 4.69) is 18.7 Å². The number of nitrogens with zero attached hydrogens (tertiary/aromatic N) is 1. The fourth-order valence-corrected chi connectivity index (χ4v) is 2.93. The van der Waals surface area contributed by atoms with Crippen LogP contribution in [-0.2, 0) is 0 Å². The van der Waals surface area contributed by atoms with Gasteiger partial charge >= 0.3 is 0 Å². The van der Waals surface area contributed by atoms with E-state index >= 15 is 0 Å². The topological polar surface area (TPSA) is 20.3 Å². The number of Topliss-reactive ketones (excluding diaryl/α,β-unsaturated/α-hetero) is 1. The summed E-state index contributed by atoms with van der Waals surface area (Å²) in [7, 11) is 0. The molecule has 98 valence electrons. The summed E-state index contributed by atoms with van der Waals surface area (Å²) in [5.41, 5.74) is 1.37. The van der Waals surface area contributed by atoms with Gasteiger partial charge in [0.1, 0.15) is 5.82 Å². The van der Waals surface area contributed by atoms with Crippen molar-refractivity contribution in [1.29, 1.82) is 0 Å². The van der Waals surface area contributed by atoms with Crippen LogP contribution in [0.4, 0.5) is 10.1 Å². The predicted octanol–water partition coefficient (Wildman–Crippen LogP) is 3.51. The molecule has 0 aromatic heterocycles. The van der Waals surface area contributed by atoms with Crippen molar-refractivity contribution < 1.29 is 9.18 Å². The molecule has 1 saturated heterocycles. The van der Waals surface area contributed by atoms with Gasteiger partial charge < -0.3 is 4.90 Å². The zero-order valence-electron chi connectivity index (χ0n) is 11.2. The molecule has 2 unspecified atom stereocenters. The largest absolute Gasteiger partial charge is 0.370 e. The van der Waals surface area contributed by atoms with Crippen molar-refractivity contribution >= 4 is 11.5 Å². The lowest BCUT2D eigenvalue weighted by Crippen LogP contribution is -2.39. The van der Waals surface area contributed by atoms with Crippen LogP contribution < -0.4 is 4.90 Å². The van der Waals surface area contributed by atoms with Crippen LogP contribution in [-0.4, -0.2) is 18.9 Å². The third-order valence-electron chi connectivity index (χ3n) is 3.55. The third kappa shape index (κ3) is 2.71. The first-order chi connectivity index (χ1) is 8.47. The maximum Gasteiger partial charge on any atom is 0.161 e. The molecule has 0 aliphatic carbocycles. The van der Waals surface area contributed by atoms with Crippen LogP contribution in [0.25, 0.3) is 0 Å². The van der Waals surface area contributed by atoms with Crippen LogP contribution in [0, 0.1) is 17.7 Å². The average Bonchev–Trinajstić information content (AvgIpc) is 2.27. The van der Waals surface area contributed by atoms with E-state index in [1.165, 1.54) is 25.5 Å². The van der Waals surface area contributed by atoms with E-state index in [1.807, 2.05) is 0 Å². The molecule has 1 aliphatic rings. The van der Waals surface area contributed by atoms with Gasteiger partial charge in [-0.25, -0.2) is 4.39 Å². The minimum Gasteiger partial charge on any atom is -0.370 e. The van der Waals surface area contributed by atoms with Crippen LogP contribution in [0.2, 0.25) is 0 Å². The Kier molecular flexibility index (Phi) is 3.69. The number of rotatable bonds is 2. The van der Waals surface area contributed by atoms with Gasteiger partial charge in [0, 0.05) is 24.3 Å². The molecule has 1 aromatic carbocycles. The second-order valence-electron chi connectivity index (χ2n) is 5.57. The van der Waals surface area contributed by atoms with Crippen LogP contribution in [0.5, 0.6) is 0 Å². The molecule has 1 fully saturated rings. The van der Waals surface area contributed by atoms with E-state index in [1.54, 1.807) is 6.07 Å². The number of halogens is 1. The summed E-state index contributed by atoms with van der Waals surface area (Å²) in [6, 6.07) is 4.52. The van der Waals surface area contributed by atoms with Gasteiger partial charge in [-0.3, -0.25) is 4.79 Å². The van der Waals surface area contributed by atoms with Crippen molar-refractivity contribution in [3.8, 4) is 0 Å². The first kappa shape index (κ1) is 13.1. The molecule has 3 heteroatoms. The fourth-order valence-electron chi connectivity index (χ4n) is 2.93. The van der Waals surface area contributed by atoms with E-state index < -0.39 is 0 Å². The Labute approximate surface area is 108 Å². The lowest BCUT2D eigenvalue weighted by Gasteiger charge is -2.37. The molecule has 0 bridgehead atoms. The average molecular weight is 249 g/mol. The molecule has 2 rings (SSSR count). The molecule has 0 amide bonds. The summed E-state index contributed by atoms with van der Waals surface area (Å²) < 4.78 is 13.3. The van der Waals surface area contributed by atoms with E-state index in [0.717, 1.165) is 18.8 Å². The van der Waals surface area contributed by atoms with Crippen molar-refractivity contribution in [2.45, 2.75) is 27.2 Å². The Morgan fingerprint density at radius 1 is 1.28 bits per heavy atom. The van der Waals surface area contributed by atoms with Crippen molar-refractivity contribution in [3.63, 3.8) is 0 Å². The fraction of sp³-hybridized carbons (Fsp3) is 0.533. The summed E-state index contributed by atoms with van der Waals surface area (Å²) in [5.74, 6) is 0.801. The molecule has 18 heavy (non-hydrogen) atoms. The lowest BCUT2D eigenvalue weighted by molar-refractivity contribution is 0.101. The SMILES string of the molecule is CC(=O)c1cc(F)ccc1N1CC(C)CC(C)C1. The van der Waals surface area contributed by atoms with Crippen LogP contribution in [0.1, 0.15) is 37.6 Å². The van der Waals surface area contributed by atoms with Crippen molar-refractivity contribution in [2.75, 3.05) is 18.0 Å². The summed E-state index contributed by atoms with van der Waals surface area (Å²) in [6.45, 7) is 7.82. The van der Waals surface area contributed by atoms with E-state index in [9.17, 15) is 9.18 Å². The summed E-state index contributed by atoms with van der Waals surface area (Å²) in [4.78, 5) is 13.8. The molecule has 1 aliphatic heterocycles. The van der Waals surface area contributed by atoms with Gasteiger partial charge in [-0.05, 0) is 43.4 Å². The summed E-state index contributed by atoms with van der Waals surface area (Å²) >= 11 is 0. The molecule has 1 aromatic rings. The maximum absolute atomic E-state index is 13.3. The molecule has 0 spiro atoms. The number of hydrogen-bond acceptors (Lipinski definition) is 2. The van der Waals surface area contributed by atoms with Gasteiger partial charge in [0.05, 0.1) is 0 Å². The van der Waals surface area contributed by atoms with Crippen molar-refractivity contribution in [2.24, 2.45) is 11.8 Å². The minimum absolute atomic E-state index is 0.0737. The molecule has 1 heterocycles. The summed E-state index contributed by atoms with van der Waals surface area (Å²) in [5, 5.41) is 0. The zero-order valence-corrected chi connectivity index (χ0v) is 11.2. The molecule has 2 nitrogen and oxygen atoms in total. The zero-order chi connectivity index (χ0) is 13.3. The summed E-state index contributed by atoms with van der Waals surface area (Å²) in [6.07, 6.45) is 1.22. The molecule has 0 N–H and O–H groups in total. The number of anilines is 1. The Hall–Kier alpha value is -1.38. The number of benzene rings is 1. The van der Waals surface area contributed by atoms with Gasteiger partial charge in [0.2, 0.25) is 0 Å². The highest BCUT2D eigenvalue weighted by molar-refractivity contribution is 5.99. The van der Waals surface area contributed by atoms with Crippen molar-refractivity contribution in [1.82, 2.24) is 0 Å². The number of carbonyl (C=O) groups is 1. The number of ketones is 1. The first-order valence-electron chi connectivity index (χ1n) is 6.52. The Bertz CT molecular complexity index is 448. The Morgan fingerprint density at radius 2 is 1.89 bits per heavy atom. The van der Waals surface area contributed by atoms with E-state index in [0.29, 0.717) is 17.4 Å². The number of carbonyl (C=O) groups excluding carboxylic acids is 1. The molecule has 2 atom stereocenters.